The molecule has 0 aliphatic heterocycles. The van der Waals surface area contributed by atoms with Gasteiger partial charge < -0.3 is 9.84 Å². The van der Waals surface area contributed by atoms with Crippen molar-refractivity contribution in [3.63, 3.8) is 0 Å². The molecular formula is C11H14F3NO2. The summed E-state index contributed by atoms with van der Waals surface area (Å²) in [6, 6.07) is 3.46. The molecule has 0 aliphatic carbocycles. The van der Waals surface area contributed by atoms with Gasteiger partial charge in [0.15, 0.2) is 0 Å². The molecule has 0 radical (unpaired) electrons. The van der Waals surface area contributed by atoms with Crippen molar-refractivity contribution in [1.29, 1.82) is 0 Å². The molecule has 0 bridgehead atoms. The van der Waals surface area contributed by atoms with Crippen LogP contribution in [0.3, 0.4) is 0 Å². The van der Waals surface area contributed by atoms with Crippen molar-refractivity contribution in [3.05, 3.63) is 29.6 Å². The minimum Gasteiger partial charge on any atom is -0.387 e. The van der Waals surface area contributed by atoms with Gasteiger partial charge in [-0.05, 0) is 24.6 Å². The molecule has 1 atom stereocenters. The van der Waals surface area contributed by atoms with E-state index in [1.165, 1.54) is 0 Å². The summed E-state index contributed by atoms with van der Waals surface area (Å²) in [7, 11) is 0. The van der Waals surface area contributed by atoms with Crippen molar-refractivity contribution < 1.29 is 23.0 Å². The second kappa shape index (κ2) is 5.97. The number of ether oxygens (including phenoxy) is 1. The van der Waals surface area contributed by atoms with Crippen LogP contribution in [-0.4, -0.2) is 29.5 Å². The summed E-state index contributed by atoms with van der Waals surface area (Å²) in [6.45, 7) is 0.398. The Kier molecular flexibility index (Phi) is 4.89. The van der Waals surface area contributed by atoms with Crippen LogP contribution in [0.2, 0.25) is 0 Å². The van der Waals surface area contributed by atoms with Crippen molar-refractivity contribution >= 4 is 0 Å². The number of hydrogen-bond donors (Lipinski definition) is 1. The number of alkyl halides is 3. The molecule has 6 heteroatoms. The number of aliphatic hydroxyl groups is 1. The van der Waals surface area contributed by atoms with Crippen LogP contribution < -0.4 is 0 Å². The number of nitrogens with zero attached hydrogens (tertiary/aromatic N) is 1. The zero-order valence-corrected chi connectivity index (χ0v) is 9.37. The summed E-state index contributed by atoms with van der Waals surface area (Å²) in [5, 5.41) is 9.65. The number of halogens is 3. The van der Waals surface area contributed by atoms with Gasteiger partial charge in [0, 0.05) is 19.2 Å². The smallest absolute Gasteiger partial charge is 0.387 e. The van der Waals surface area contributed by atoms with E-state index < -0.39 is 18.9 Å². The maximum atomic E-state index is 11.8. The molecule has 0 saturated carbocycles. The van der Waals surface area contributed by atoms with Crippen LogP contribution in [0.4, 0.5) is 13.2 Å². The van der Waals surface area contributed by atoms with E-state index in [9.17, 15) is 18.3 Å². The largest absolute Gasteiger partial charge is 0.411 e. The third-order valence-electron chi connectivity index (χ3n) is 2.08. The molecule has 0 spiro atoms. The molecule has 0 aromatic carbocycles. The van der Waals surface area contributed by atoms with Crippen LogP contribution in [0.25, 0.3) is 0 Å². The van der Waals surface area contributed by atoms with Crippen molar-refractivity contribution in [2.24, 2.45) is 0 Å². The second-order valence-electron chi connectivity index (χ2n) is 3.73. The van der Waals surface area contributed by atoms with Crippen LogP contribution in [0.5, 0.6) is 0 Å². The van der Waals surface area contributed by atoms with E-state index in [0.717, 1.165) is 5.56 Å². The van der Waals surface area contributed by atoms with Gasteiger partial charge in [0.05, 0.1) is 11.8 Å². The Bertz CT molecular complexity index is 355. The third kappa shape index (κ3) is 5.65. The first-order valence-electron chi connectivity index (χ1n) is 5.13. The lowest BCUT2D eigenvalue weighted by molar-refractivity contribution is -0.175. The Hall–Kier alpha value is -1.14. The van der Waals surface area contributed by atoms with E-state index in [1.54, 1.807) is 18.3 Å². The van der Waals surface area contributed by atoms with Gasteiger partial charge in [-0.3, -0.25) is 4.98 Å². The van der Waals surface area contributed by atoms with Crippen LogP contribution >= 0.6 is 0 Å². The van der Waals surface area contributed by atoms with Gasteiger partial charge in [-0.15, -0.1) is 0 Å². The van der Waals surface area contributed by atoms with Crippen molar-refractivity contribution in [2.45, 2.75) is 25.6 Å². The van der Waals surface area contributed by atoms with E-state index >= 15 is 0 Å². The lowest BCUT2D eigenvalue weighted by atomic mass is 10.1. The molecule has 1 N–H and O–H groups in total. The number of pyridine rings is 1. The van der Waals surface area contributed by atoms with Gasteiger partial charge in [0.25, 0.3) is 0 Å². The van der Waals surface area contributed by atoms with E-state index in [4.69, 9.17) is 0 Å². The Morgan fingerprint density at radius 3 is 2.76 bits per heavy atom. The Labute approximate surface area is 97.2 Å². The van der Waals surface area contributed by atoms with Crippen LogP contribution in [-0.2, 0) is 4.74 Å². The van der Waals surface area contributed by atoms with Crippen molar-refractivity contribution in [3.8, 4) is 0 Å². The fraction of sp³-hybridized carbons (Fsp3) is 0.545. The van der Waals surface area contributed by atoms with Crippen LogP contribution in [0.15, 0.2) is 18.3 Å². The zero-order chi connectivity index (χ0) is 12.9. The number of aliphatic hydroxyl groups excluding tert-OH is 1. The van der Waals surface area contributed by atoms with Gasteiger partial charge in [0.2, 0.25) is 0 Å². The highest BCUT2D eigenvalue weighted by Gasteiger charge is 2.27. The topological polar surface area (TPSA) is 42.4 Å². The molecule has 1 aromatic rings. The maximum Gasteiger partial charge on any atom is 0.411 e. The van der Waals surface area contributed by atoms with Gasteiger partial charge in [-0.25, -0.2) is 0 Å². The third-order valence-corrected chi connectivity index (χ3v) is 2.08. The molecule has 1 unspecified atom stereocenters. The molecule has 0 saturated heterocycles. The molecule has 1 heterocycles. The van der Waals surface area contributed by atoms with E-state index in [0.29, 0.717) is 5.69 Å². The minimum atomic E-state index is -4.33. The summed E-state index contributed by atoms with van der Waals surface area (Å²) in [4.78, 5) is 3.94. The number of aromatic nitrogens is 1. The van der Waals surface area contributed by atoms with Gasteiger partial charge >= 0.3 is 6.18 Å². The number of hydrogen-bond acceptors (Lipinski definition) is 3. The highest BCUT2D eigenvalue weighted by molar-refractivity contribution is 5.15. The molecule has 17 heavy (non-hydrogen) atoms. The van der Waals surface area contributed by atoms with Gasteiger partial charge in [-0.1, -0.05) is 0 Å². The average molecular weight is 249 g/mol. The first kappa shape index (κ1) is 13.9. The highest BCUT2D eigenvalue weighted by Crippen LogP contribution is 2.17. The van der Waals surface area contributed by atoms with Crippen molar-refractivity contribution in [2.75, 3.05) is 13.2 Å². The minimum absolute atomic E-state index is 0.0898. The predicted octanol–water partition coefficient (Wildman–Crippen LogP) is 2.39. The Balaban J connectivity index is 2.33. The fourth-order valence-electron chi connectivity index (χ4n) is 1.27. The van der Waals surface area contributed by atoms with Crippen LogP contribution in [0, 0.1) is 6.92 Å². The van der Waals surface area contributed by atoms with E-state index in [-0.39, 0.29) is 13.0 Å². The summed E-state index contributed by atoms with van der Waals surface area (Å²) in [5.74, 6) is 0. The monoisotopic (exact) mass is 249 g/mol. The summed E-state index contributed by atoms with van der Waals surface area (Å²) in [6.07, 6.45) is -3.59. The molecule has 0 amide bonds. The molecular weight excluding hydrogens is 235 g/mol. The Morgan fingerprint density at radius 2 is 2.18 bits per heavy atom. The van der Waals surface area contributed by atoms with Gasteiger partial charge in [0.1, 0.15) is 6.61 Å². The molecule has 1 aromatic heterocycles. The highest BCUT2D eigenvalue weighted by atomic mass is 19.4. The SMILES string of the molecule is Cc1ccnc(C(O)CCOCC(F)(F)F)c1. The fourth-order valence-corrected chi connectivity index (χ4v) is 1.27. The summed E-state index contributed by atoms with van der Waals surface area (Å²) in [5.41, 5.74) is 1.38. The van der Waals surface area contributed by atoms with Gasteiger partial charge in [-0.2, -0.15) is 13.2 Å². The van der Waals surface area contributed by atoms with Crippen LogP contribution in [0.1, 0.15) is 23.8 Å². The first-order chi connectivity index (χ1) is 7.88. The molecule has 0 fully saturated rings. The first-order valence-corrected chi connectivity index (χ1v) is 5.13. The number of rotatable bonds is 5. The summed E-state index contributed by atoms with van der Waals surface area (Å²) < 4.78 is 39.7. The normalized spacial score (nSPS) is 13.7. The second-order valence-corrected chi connectivity index (χ2v) is 3.73. The standard InChI is InChI=1S/C11H14F3NO2/c1-8-2-4-15-9(6-8)10(16)3-5-17-7-11(12,13)14/h2,4,6,10,16H,3,5,7H2,1H3. The van der Waals surface area contributed by atoms with E-state index in [1.807, 2.05) is 6.92 Å². The van der Waals surface area contributed by atoms with Crippen molar-refractivity contribution in [1.82, 2.24) is 4.98 Å². The lowest BCUT2D eigenvalue weighted by Gasteiger charge is -2.11. The predicted molar refractivity (Wildman–Crippen MR) is 55.4 cm³/mol. The molecule has 0 aliphatic rings. The molecule has 3 nitrogen and oxygen atoms in total. The maximum absolute atomic E-state index is 11.8. The molecule has 96 valence electrons. The molecule has 1 rings (SSSR count). The quantitative estimate of drug-likeness (QED) is 0.815. The van der Waals surface area contributed by atoms with E-state index in [2.05, 4.69) is 9.72 Å². The lowest BCUT2D eigenvalue weighted by Crippen LogP contribution is -2.18. The average Bonchev–Trinajstić information content (AvgIpc) is 2.23. The number of aryl methyl sites for hydroxylation is 1. The zero-order valence-electron chi connectivity index (χ0n) is 9.37. The Morgan fingerprint density at radius 1 is 1.47 bits per heavy atom. The summed E-state index contributed by atoms with van der Waals surface area (Å²) >= 11 is 0.